The number of halogens is 1. The Kier molecular flexibility index (Phi) is 2.81. The van der Waals surface area contributed by atoms with Crippen LogP contribution in [0.1, 0.15) is 18.5 Å². The van der Waals surface area contributed by atoms with Gasteiger partial charge in [-0.05, 0) is 19.8 Å². The molecule has 0 spiro atoms. The third-order valence-corrected chi connectivity index (χ3v) is 2.58. The van der Waals surface area contributed by atoms with Crippen molar-refractivity contribution in [2.75, 3.05) is 18.0 Å². The Hall–Kier alpha value is -1.23. The van der Waals surface area contributed by atoms with Gasteiger partial charge >= 0.3 is 0 Å². The largest absolute Gasteiger partial charge is 0.350 e. The first-order chi connectivity index (χ1) is 7.24. The van der Waals surface area contributed by atoms with Crippen molar-refractivity contribution in [3.63, 3.8) is 0 Å². The molecule has 0 aromatic carbocycles. The maximum absolute atomic E-state index is 13.8. The molecule has 2 N–H and O–H groups in total. The second-order valence-corrected chi connectivity index (χ2v) is 3.81. The van der Waals surface area contributed by atoms with E-state index in [1.807, 2.05) is 4.90 Å². The summed E-state index contributed by atoms with van der Waals surface area (Å²) in [7, 11) is 0. The molecule has 0 bridgehead atoms. The van der Waals surface area contributed by atoms with Crippen LogP contribution in [0.5, 0.6) is 0 Å². The maximum atomic E-state index is 13.8. The molecule has 0 amide bonds. The number of aryl methyl sites for hydroxylation is 1. The summed E-state index contributed by atoms with van der Waals surface area (Å²) in [5.41, 5.74) is 5.90. The third kappa shape index (κ3) is 2.07. The van der Waals surface area contributed by atoms with Gasteiger partial charge in [-0.25, -0.2) is 14.4 Å². The molecule has 1 aliphatic rings. The molecule has 1 fully saturated rings. The smallest absolute Gasteiger partial charge is 0.186 e. The second kappa shape index (κ2) is 4.10. The molecular weight excluding hydrogens is 195 g/mol. The van der Waals surface area contributed by atoms with E-state index in [9.17, 15) is 4.39 Å². The quantitative estimate of drug-likeness (QED) is 0.800. The molecule has 0 saturated heterocycles. The summed E-state index contributed by atoms with van der Waals surface area (Å²) < 4.78 is 13.8. The van der Waals surface area contributed by atoms with Crippen molar-refractivity contribution < 1.29 is 4.39 Å². The fourth-order valence-electron chi connectivity index (χ4n) is 1.63. The van der Waals surface area contributed by atoms with Gasteiger partial charge in [-0.2, -0.15) is 0 Å². The van der Waals surface area contributed by atoms with Gasteiger partial charge < -0.3 is 10.6 Å². The van der Waals surface area contributed by atoms with E-state index in [4.69, 9.17) is 5.73 Å². The van der Waals surface area contributed by atoms with Crippen LogP contribution in [0, 0.1) is 12.7 Å². The normalized spacial score (nSPS) is 15.4. The highest BCUT2D eigenvalue weighted by Crippen LogP contribution is 2.31. The van der Waals surface area contributed by atoms with Crippen molar-refractivity contribution in [3.05, 3.63) is 17.8 Å². The van der Waals surface area contributed by atoms with E-state index in [1.54, 1.807) is 6.92 Å². The molecule has 0 unspecified atom stereocenters. The Balaban J connectivity index is 2.28. The predicted molar refractivity (Wildman–Crippen MR) is 56.1 cm³/mol. The maximum Gasteiger partial charge on any atom is 0.186 e. The van der Waals surface area contributed by atoms with Crippen LogP contribution in [0.15, 0.2) is 6.33 Å². The topological polar surface area (TPSA) is 55.0 Å². The summed E-state index contributed by atoms with van der Waals surface area (Å²) >= 11 is 0. The molecule has 2 rings (SSSR count). The lowest BCUT2D eigenvalue weighted by atomic mass is 10.3. The zero-order chi connectivity index (χ0) is 10.8. The lowest BCUT2D eigenvalue weighted by molar-refractivity contribution is 0.588. The highest BCUT2D eigenvalue weighted by molar-refractivity contribution is 5.43. The minimum Gasteiger partial charge on any atom is -0.350 e. The second-order valence-electron chi connectivity index (χ2n) is 3.81. The molecule has 4 nitrogen and oxygen atoms in total. The first-order valence-electron chi connectivity index (χ1n) is 5.18. The van der Waals surface area contributed by atoms with Crippen molar-refractivity contribution in [3.8, 4) is 0 Å². The molecule has 5 heteroatoms. The SMILES string of the molecule is Cc1ncnc(N(CCN)C2CC2)c1F. The van der Waals surface area contributed by atoms with Gasteiger partial charge in [0.1, 0.15) is 6.33 Å². The Bertz CT molecular complexity index is 351. The fourth-order valence-corrected chi connectivity index (χ4v) is 1.63. The van der Waals surface area contributed by atoms with Gasteiger partial charge in [-0.3, -0.25) is 0 Å². The monoisotopic (exact) mass is 210 g/mol. The molecule has 0 radical (unpaired) electrons. The van der Waals surface area contributed by atoms with Crippen LogP contribution < -0.4 is 10.6 Å². The van der Waals surface area contributed by atoms with Gasteiger partial charge in [-0.15, -0.1) is 0 Å². The van der Waals surface area contributed by atoms with Crippen molar-refractivity contribution in [1.29, 1.82) is 0 Å². The van der Waals surface area contributed by atoms with E-state index in [1.165, 1.54) is 6.33 Å². The number of hydrogen-bond donors (Lipinski definition) is 1. The number of rotatable bonds is 4. The van der Waals surface area contributed by atoms with Gasteiger partial charge in [-0.1, -0.05) is 0 Å². The number of nitrogens with zero attached hydrogens (tertiary/aromatic N) is 3. The summed E-state index contributed by atoms with van der Waals surface area (Å²) in [5, 5.41) is 0. The first kappa shape index (κ1) is 10.3. The van der Waals surface area contributed by atoms with Crippen LogP contribution in [0.25, 0.3) is 0 Å². The van der Waals surface area contributed by atoms with Crippen molar-refractivity contribution in [2.24, 2.45) is 5.73 Å². The Morgan fingerprint density at radius 3 is 2.87 bits per heavy atom. The predicted octanol–water partition coefficient (Wildman–Crippen LogP) is 0.852. The van der Waals surface area contributed by atoms with Crippen LogP contribution in [-0.4, -0.2) is 29.1 Å². The molecule has 82 valence electrons. The van der Waals surface area contributed by atoms with Gasteiger partial charge in [0.15, 0.2) is 11.6 Å². The Morgan fingerprint density at radius 1 is 1.53 bits per heavy atom. The Labute approximate surface area is 88.3 Å². The van der Waals surface area contributed by atoms with Gasteiger partial charge in [0, 0.05) is 19.1 Å². The molecule has 1 saturated carbocycles. The summed E-state index contributed by atoms with van der Waals surface area (Å²) in [6, 6.07) is 0.414. The van der Waals surface area contributed by atoms with E-state index in [-0.39, 0.29) is 5.82 Å². The van der Waals surface area contributed by atoms with Crippen molar-refractivity contribution in [1.82, 2.24) is 9.97 Å². The van der Waals surface area contributed by atoms with Crippen LogP contribution in [-0.2, 0) is 0 Å². The van der Waals surface area contributed by atoms with Gasteiger partial charge in [0.2, 0.25) is 0 Å². The molecule has 0 aliphatic heterocycles. The van der Waals surface area contributed by atoms with Crippen LogP contribution in [0.4, 0.5) is 10.2 Å². The van der Waals surface area contributed by atoms with Crippen LogP contribution in [0.2, 0.25) is 0 Å². The average molecular weight is 210 g/mol. The zero-order valence-electron chi connectivity index (χ0n) is 8.78. The van der Waals surface area contributed by atoms with Crippen molar-refractivity contribution in [2.45, 2.75) is 25.8 Å². The number of anilines is 1. The molecule has 1 aliphatic carbocycles. The van der Waals surface area contributed by atoms with Crippen LogP contribution >= 0.6 is 0 Å². The lowest BCUT2D eigenvalue weighted by Gasteiger charge is -2.23. The Morgan fingerprint density at radius 2 is 2.27 bits per heavy atom. The standard InChI is InChI=1S/C10H15FN4/c1-7-9(11)10(14-6-13-7)15(5-4-12)8-2-3-8/h6,8H,2-5,12H2,1H3. The zero-order valence-corrected chi connectivity index (χ0v) is 8.78. The summed E-state index contributed by atoms with van der Waals surface area (Å²) in [5.74, 6) is 0.0771. The number of nitrogens with two attached hydrogens (primary N) is 1. The van der Waals surface area contributed by atoms with E-state index in [2.05, 4.69) is 9.97 Å². The van der Waals surface area contributed by atoms with Gasteiger partial charge in [0.25, 0.3) is 0 Å². The third-order valence-electron chi connectivity index (χ3n) is 2.58. The van der Waals surface area contributed by atoms with E-state index < -0.39 is 0 Å². The first-order valence-corrected chi connectivity index (χ1v) is 5.18. The van der Waals surface area contributed by atoms with E-state index >= 15 is 0 Å². The van der Waals surface area contributed by atoms with Gasteiger partial charge in [0.05, 0.1) is 5.69 Å². The molecular formula is C10H15FN4. The summed E-state index contributed by atoms with van der Waals surface area (Å²) in [4.78, 5) is 9.77. The molecule has 1 aromatic rings. The lowest BCUT2D eigenvalue weighted by Crippen LogP contribution is -2.33. The van der Waals surface area contributed by atoms with E-state index in [0.29, 0.717) is 30.6 Å². The molecule has 1 aromatic heterocycles. The number of hydrogen-bond acceptors (Lipinski definition) is 4. The number of aromatic nitrogens is 2. The molecule has 15 heavy (non-hydrogen) atoms. The molecule has 1 heterocycles. The van der Waals surface area contributed by atoms with Crippen LogP contribution in [0.3, 0.4) is 0 Å². The summed E-state index contributed by atoms with van der Waals surface area (Å²) in [6.45, 7) is 2.81. The summed E-state index contributed by atoms with van der Waals surface area (Å²) in [6.07, 6.45) is 3.60. The van der Waals surface area contributed by atoms with Crippen molar-refractivity contribution >= 4 is 5.82 Å². The van der Waals surface area contributed by atoms with E-state index in [0.717, 1.165) is 12.8 Å². The minimum atomic E-state index is -0.321. The highest BCUT2D eigenvalue weighted by atomic mass is 19.1. The minimum absolute atomic E-state index is 0.321. The average Bonchev–Trinajstić information content (AvgIpc) is 3.03. The molecule has 0 atom stereocenters. The highest BCUT2D eigenvalue weighted by Gasteiger charge is 2.31. The fraction of sp³-hybridized carbons (Fsp3) is 0.600.